The van der Waals surface area contributed by atoms with Gasteiger partial charge < -0.3 is 16.8 Å². The average molecular weight is 201 g/mol. The fourth-order valence-corrected chi connectivity index (χ4v) is 1.41. The maximum absolute atomic E-state index is 5.70. The Hall–Kier alpha value is -0.120. The normalized spacial score (nSPS) is 13.1. The molecule has 0 radical (unpaired) electrons. The zero-order chi connectivity index (χ0) is 10.6. The summed E-state index contributed by atoms with van der Waals surface area (Å²) in [6.07, 6.45) is 7.51. The lowest BCUT2D eigenvalue weighted by Crippen LogP contribution is -2.30. The van der Waals surface area contributed by atoms with Gasteiger partial charge in [-0.25, -0.2) is 0 Å². The first-order valence-corrected chi connectivity index (χ1v) is 5.97. The van der Waals surface area contributed by atoms with Gasteiger partial charge in [0.1, 0.15) is 0 Å². The molecule has 1 atom stereocenters. The third-order valence-electron chi connectivity index (χ3n) is 2.44. The Balaban J connectivity index is 2.92. The van der Waals surface area contributed by atoms with Crippen LogP contribution in [0.5, 0.6) is 0 Å². The summed E-state index contributed by atoms with van der Waals surface area (Å²) in [4.78, 5) is 0. The second-order valence-electron chi connectivity index (χ2n) is 3.95. The molecule has 0 saturated heterocycles. The van der Waals surface area contributed by atoms with E-state index in [1.165, 1.54) is 25.7 Å². The Labute approximate surface area is 88.6 Å². The van der Waals surface area contributed by atoms with Crippen LogP contribution < -0.4 is 16.8 Å². The summed E-state index contributed by atoms with van der Waals surface area (Å²) < 4.78 is 0. The first-order chi connectivity index (χ1) is 6.81. The predicted molar refractivity (Wildman–Crippen MR) is 63.3 cm³/mol. The highest BCUT2D eigenvalue weighted by atomic mass is 14.8. The van der Waals surface area contributed by atoms with Gasteiger partial charge in [0.25, 0.3) is 0 Å². The van der Waals surface area contributed by atoms with E-state index in [1.54, 1.807) is 0 Å². The lowest BCUT2D eigenvalue weighted by molar-refractivity contribution is 0.539. The van der Waals surface area contributed by atoms with Crippen molar-refractivity contribution < 1.29 is 0 Å². The lowest BCUT2D eigenvalue weighted by Gasteiger charge is -2.08. The molecule has 0 saturated carbocycles. The van der Waals surface area contributed by atoms with Gasteiger partial charge in [0.05, 0.1) is 0 Å². The molecule has 0 rings (SSSR count). The monoisotopic (exact) mass is 201 g/mol. The van der Waals surface area contributed by atoms with E-state index in [4.69, 9.17) is 11.5 Å². The van der Waals surface area contributed by atoms with Crippen molar-refractivity contribution in [2.75, 3.05) is 19.6 Å². The number of nitrogens with two attached hydrogens (primary N) is 2. The van der Waals surface area contributed by atoms with Gasteiger partial charge in [0, 0.05) is 12.6 Å². The smallest absolute Gasteiger partial charge is 0.0163 e. The maximum atomic E-state index is 5.70. The molecule has 0 aliphatic rings. The van der Waals surface area contributed by atoms with Crippen molar-refractivity contribution in [3.05, 3.63) is 0 Å². The van der Waals surface area contributed by atoms with E-state index in [1.807, 2.05) is 0 Å². The fraction of sp³-hybridized carbons (Fsp3) is 1.00. The number of unbranched alkanes of at least 4 members (excludes halogenated alkanes) is 3. The fourth-order valence-electron chi connectivity index (χ4n) is 1.41. The zero-order valence-electron chi connectivity index (χ0n) is 9.60. The first-order valence-electron chi connectivity index (χ1n) is 5.97. The molecule has 0 amide bonds. The van der Waals surface area contributed by atoms with E-state index >= 15 is 0 Å². The minimum atomic E-state index is 0.192. The van der Waals surface area contributed by atoms with Gasteiger partial charge in [-0.2, -0.15) is 0 Å². The minimum absolute atomic E-state index is 0.192. The van der Waals surface area contributed by atoms with Gasteiger partial charge in [-0.15, -0.1) is 0 Å². The third-order valence-corrected chi connectivity index (χ3v) is 2.44. The molecule has 86 valence electrons. The van der Waals surface area contributed by atoms with Crippen LogP contribution >= 0.6 is 0 Å². The molecule has 3 heteroatoms. The van der Waals surface area contributed by atoms with Crippen molar-refractivity contribution in [3.8, 4) is 0 Å². The van der Waals surface area contributed by atoms with Gasteiger partial charge >= 0.3 is 0 Å². The summed E-state index contributed by atoms with van der Waals surface area (Å²) in [6, 6.07) is 0.192. The second-order valence-corrected chi connectivity index (χ2v) is 3.95. The third kappa shape index (κ3) is 9.96. The van der Waals surface area contributed by atoms with Gasteiger partial charge in [-0.05, 0) is 32.4 Å². The van der Waals surface area contributed by atoms with Crippen LogP contribution in [0.15, 0.2) is 0 Å². The maximum Gasteiger partial charge on any atom is 0.0163 e. The molecule has 5 N–H and O–H groups in total. The summed E-state index contributed by atoms with van der Waals surface area (Å²) in [5.74, 6) is 0. The van der Waals surface area contributed by atoms with Crippen LogP contribution in [0.2, 0.25) is 0 Å². The Kier molecular flexibility index (Phi) is 10.9. The molecule has 0 fully saturated rings. The molecule has 0 heterocycles. The van der Waals surface area contributed by atoms with E-state index in [0.717, 1.165) is 25.9 Å². The van der Waals surface area contributed by atoms with Crippen LogP contribution in [0.25, 0.3) is 0 Å². The van der Waals surface area contributed by atoms with Crippen LogP contribution in [0.1, 0.15) is 45.4 Å². The summed E-state index contributed by atoms with van der Waals surface area (Å²) >= 11 is 0. The molecular formula is C11H27N3. The zero-order valence-corrected chi connectivity index (χ0v) is 9.60. The van der Waals surface area contributed by atoms with Gasteiger partial charge in [-0.1, -0.05) is 26.2 Å². The minimum Gasteiger partial charge on any atom is -0.329 e. The SMILES string of the molecule is CCCCCCNCCCC(N)CN. The highest BCUT2D eigenvalue weighted by molar-refractivity contribution is 4.62. The number of rotatable bonds is 10. The molecular weight excluding hydrogens is 174 g/mol. The molecule has 0 bridgehead atoms. The number of hydrogen-bond acceptors (Lipinski definition) is 3. The van der Waals surface area contributed by atoms with E-state index < -0.39 is 0 Å². The van der Waals surface area contributed by atoms with Gasteiger partial charge in [0.2, 0.25) is 0 Å². The van der Waals surface area contributed by atoms with Crippen LogP contribution in [0.3, 0.4) is 0 Å². The van der Waals surface area contributed by atoms with Gasteiger partial charge in [0.15, 0.2) is 0 Å². The van der Waals surface area contributed by atoms with Crippen LogP contribution in [0, 0.1) is 0 Å². The summed E-state index contributed by atoms with van der Waals surface area (Å²) in [6.45, 7) is 5.08. The summed E-state index contributed by atoms with van der Waals surface area (Å²) in [5, 5.41) is 3.43. The molecule has 0 aliphatic heterocycles. The molecule has 14 heavy (non-hydrogen) atoms. The van der Waals surface area contributed by atoms with Crippen LogP contribution in [-0.2, 0) is 0 Å². The molecule has 3 nitrogen and oxygen atoms in total. The van der Waals surface area contributed by atoms with Crippen molar-refractivity contribution in [2.24, 2.45) is 11.5 Å². The van der Waals surface area contributed by atoms with E-state index in [2.05, 4.69) is 12.2 Å². The van der Waals surface area contributed by atoms with E-state index in [9.17, 15) is 0 Å². The Morgan fingerprint density at radius 3 is 2.43 bits per heavy atom. The Bertz CT molecular complexity index is 107. The molecule has 0 aliphatic carbocycles. The highest BCUT2D eigenvalue weighted by Crippen LogP contribution is 1.97. The van der Waals surface area contributed by atoms with Crippen molar-refractivity contribution >= 4 is 0 Å². The van der Waals surface area contributed by atoms with Crippen LogP contribution in [0.4, 0.5) is 0 Å². The largest absolute Gasteiger partial charge is 0.329 e. The Morgan fingerprint density at radius 1 is 1.07 bits per heavy atom. The summed E-state index contributed by atoms with van der Waals surface area (Å²) in [5.41, 5.74) is 11.1. The van der Waals surface area contributed by atoms with Crippen molar-refractivity contribution in [1.82, 2.24) is 5.32 Å². The topological polar surface area (TPSA) is 64.1 Å². The standard InChI is InChI=1S/C11H27N3/c1-2-3-4-5-8-14-9-6-7-11(13)10-12/h11,14H,2-10,12-13H2,1H3. The lowest BCUT2D eigenvalue weighted by atomic mass is 10.1. The quantitative estimate of drug-likeness (QED) is 0.466. The van der Waals surface area contributed by atoms with Gasteiger partial charge in [-0.3, -0.25) is 0 Å². The molecule has 0 aromatic heterocycles. The Morgan fingerprint density at radius 2 is 1.79 bits per heavy atom. The first kappa shape index (κ1) is 13.9. The average Bonchev–Trinajstić information content (AvgIpc) is 2.21. The molecule has 0 spiro atoms. The summed E-state index contributed by atoms with van der Waals surface area (Å²) in [7, 11) is 0. The van der Waals surface area contributed by atoms with Crippen molar-refractivity contribution in [2.45, 2.75) is 51.5 Å². The molecule has 0 aromatic carbocycles. The number of nitrogens with one attached hydrogen (secondary N) is 1. The second kappa shape index (κ2) is 11.0. The van der Waals surface area contributed by atoms with Crippen molar-refractivity contribution in [3.63, 3.8) is 0 Å². The molecule has 1 unspecified atom stereocenters. The molecule has 0 aromatic rings. The van der Waals surface area contributed by atoms with E-state index in [-0.39, 0.29) is 6.04 Å². The van der Waals surface area contributed by atoms with E-state index in [0.29, 0.717) is 6.54 Å². The van der Waals surface area contributed by atoms with Crippen molar-refractivity contribution in [1.29, 1.82) is 0 Å². The number of hydrogen-bond donors (Lipinski definition) is 3. The highest BCUT2D eigenvalue weighted by Gasteiger charge is 1.97. The predicted octanol–water partition coefficient (Wildman–Crippen LogP) is 1.22. The van der Waals surface area contributed by atoms with Crippen LogP contribution in [-0.4, -0.2) is 25.7 Å².